The maximum Gasteiger partial charge on any atom is 0.255 e. The van der Waals surface area contributed by atoms with Crippen LogP contribution in [-0.2, 0) is 14.8 Å². The average Bonchev–Trinajstić information content (AvgIpc) is 3.30. The topological polar surface area (TPSA) is 79.0 Å². The van der Waals surface area contributed by atoms with Gasteiger partial charge in [-0.2, -0.15) is 4.31 Å². The molecule has 0 bridgehead atoms. The van der Waals surface area contributed by atoms with Gasteiger partial charge < -0.3 is 15.0 Å². The van der Waals surface area contributed by atoms with Gasteiger partial charge in [-0.05, 0) is 55.3 Å². The quantitative estimate of drug-likeness (QED) is 0.758. The second-order valence-electron chi connectivity index (χ2n) is 7.36. The minimum Gasteiger partial charge on any atom is -0.378 e. The third kappa shape index (κ3) is 4.46. The summed E-state index contributed by atoms with van der Waals surface area (Å²) in [7, 11) is -3.49. The maximum absolute atomic E-state index is 12.6. The van der Waals surface area contributed by atoms with E-state index in [4.69, 9.17) is 16.3 Å². The van der Waals surface area contributed by atoms with Crippen molar-refractivity contribution in [3.63, 3.8) is 0 Å². The second kappa shape index (κ2) is 8.93. The SMILES string of the molecule is O=C(Nc1ccc(N2CCOCC2)c(Cl)c1)c1ccc(S(=O)(=O)N2CCCC2)cc1. The Hall–Kier alpha value is -2.13. The molecule has 2 saturated heterocycles. The molecule has 9 heteroatoms. The number of hydrogen-bond acceptors (Lipinski definition) is 5. The van der Waals surface area contributed by atoms with E-state index >= 15 is 0 Å². The Labute approximate surface area is 181 Å². The van der Waals surface area contributed by atoms with Gasteiger partial charge in [0.05, 0.1) is 28.8 Å². The first-order valence-corrected chi connectivity index (χ1v) is 11.8. The number of hydrogen-bond donors (Lipinski definition) is 1. The summed E-state index contributed by atoms with van der Waals surface area (Å²) in [6.45, 7) is 3.98. The van der Waals surface area contributed by atoms with Gasteiger partial charge in [0.2, 0.25) is 10.0 Å². The van der Waals surface area contributed by atoms with Crippen LogP contribution in [0.25, 0.3) is 0 Å². The van der Waals surface area contributed by atoms with E-state index < -0.39 is 10.0 Å². The molecule has 2 aliphatic rings. The summed E-state index contributed by atoms with van der Waals surface area (Å²) in [5.74, 6) is -0.324. The molecule has 0 saturated carbocycles. The summed E-state index contributed by atoms with van der Waals surface area (Å²) in [6, 6.07) is 11.4. The van der Waals surface area contributed by atoms with E-state index in [1.807, 2.05) is 6.07 Å². The highest BCUT2D eigenvalue weighted by atomic mass is 35.5. The van der Waals surface area contributed by atoms with E-state index in [0.717, 1.165) is 31.6 Å². The first kappa shape index (κ1) is 21.1. The number of carbonyl (C=O) groups is 1. The van der Waals surface area contributed by atoms with E-state index in [1.165, 1.54) is 28.6 Å². The van der Waals surface area contributed by atoms with E-state index in [1.54, 1.807) is 12.1 Å². The van der Waals surface area contributed by atoms with Crippen molar-refractivity contribution in [1.82, 2.24) is 4.31 Å². The Balaban J connectivity index is 1.44. The molecule has 4 rings (SSSR count). The predicted octanol–water partition coefficient (Wildman–Crippen LogP) is 3.21. The Bertz CT molecular complexity index is 1020. The molecule has 0 aliphatic carbocycles. The van der Waals surface area contributed by atoms with Crippen molar-refractivity contribution in [2.45, 2.75) is 17.7 Å². The molecule has 1 amide bonds. The fourth-order valence-electron chi connectivity index (χ4n) is 3.70. The molecule has 7 nitrogen and oxygen atoms in total. The van der Waals surface area contributed by atoms with Crippen molar-refractivity contribution < 1.29 is 17.9 Å². The second-order valence-corrected chi connectivity index (χ2v) is 9.70. The normalized spacial score (nSPS) is 17.8. The van der Waals surface area contributed by atoms with Gasteiger partial charge in [-0.3, -0.25) is 4.79 Å². The Kier molecular flexibility index (Phi) is 6.29. The zero-order valence-electron chi connectivity index (χ0n) is 16.5. The fraction of sp³-hybridized carbons (Fsp3) is 0.381. The molecule has 2 aromatic rings. The van der Waals surface area contributed by atoms with Crippen molar-refractivity contribution in [2.24, 2.45) is 0 Å². The average molecular weight is 450 g/mol. The van der Waals surface area contributed by atoms with Crippen molar-refractivity contribution in [2.75, 3.05) is 49.6 Å². The molecule has 2 aliphatic heterocycles. The summed E-state index contributed by atoms with van der Waals surface area (Å²) in [5.41, 5.74) is 1.87. The zero-order chi connectivity index (χ0) is 21.1. The highest BCUT2D eigenvalue weighted by Gasteiger charge is 2.27. The highest BCUT2D eigenvalue weighted by Crippen LogP contribution is 2.30. The molecule has 2 fully saturated rings. The number of anilines is 2. The van der Waals surface area contributed by atoms with E-state index in [2.05, 4.69) is 10.2 Å². The first-order chi connectivity index (χ1) is 14.4. The number of morpholine rings is 1. The van der Waals surface area contributed by atoms with Gasteiger partial charge in [-0.25, -0.2) is 8.42 Å². The number of amides is 1. The van der Waals surface area contributed by atoms with Crippen LogP contribution >= 0.6 is 11.6 Å². The molecular formula is C21H24ClN3O4S. The van der Waals surface area contributed by atoms with Crippen molar-refractivity contribution in [3.05, 3.63) is 53.1 Å². The van der Waals surface area contributed by atoms with E-state index in [9.17, 15) is 13.2 Å². The molecule has 160 valence electrons. The van der Waals surface area contributed by atoms with Gasteiger partial charge in [-0.1, -0.05) is 11.6 Å². The lowest BCUT2D eigenvalue weighted by atomic mass is 10.2. The predicted molar refractivity (Wildman–Crippen MR) is 117 cm³/mol. The number of benzene rings is 2. The van der Waals surface area contributed by atoms with Crippen molar-refractivity contribution in [1.29, 1.82) is 0 Å². The highest BCUT2D eigenvalue weighted by molar-refractivity contribution is 7.89. The zero-order valence-corrected chi connectivity index (χ0v) is 18.1. The van der Waals surface area contributed by atoms with Crippen LogP contribution in [0.15, 0.2) is 47.4 Å². The van der Waals surface area contributed by atoms with Gasteiger partial charge in [0.1, 0.15) is 0 Å². The molecular weight excluding hydrogens is 426 g/mol. The Morgan fingerprint density at radius 3 is 2.27 bits per heavy atom. The third-order valence-corrected chi connectivity index (χ3v) is 7.59. The van der Waals surface area contributed by atoms with Crippen LogP contribution < -0.4 is 10.2 Å². The lowest BCUT2D eigenvalue weighted by Crippen LogP contribution is -2.36. The summed E-state index contributed by atoms with van der Waals surface area (Å²) in [5, 5.41) is 3.37. The number of carbonyl (C=O) groups excluding carboxylic acids is 1. The third-order valence-electron chi connectivity index (χ3n) is 5.38. The van der Waals surface area contributed by atoms with E-state index in [-0.39, 0.29) is 10.8 Å². The molecule has 2 aromatic carbocycles. The lowest BCUT2D eigenvalue weighted by molar-refractivity contribution is 0.102. The van der Waals surface area contributed by atoms with Crippen molar-refractivity contribution >= 4 is 38.9 Å². The molecule has 30 heavy (non-hydrogen) atoms. The molecule has 0 spiro atoms. The standard InChI is InChI=1S/C21H24ClN3O4S/c22-19-15-17(5-8-20(19)24-11-13-29-14-12-24)23-21(26)16-3-6-18(7-4-16)30(27,28)25-9-1-2-10-25/h3-8,15H,1-2,9-14H2,(H,23,26). The van der Waals surface area contributed by atoms with Crippen LogP contribution in [0.5, 0.6) is 0 Å². The number of halogens is 1. The summed E-state index contributed by atoms with van der Waals surface area (Å²) >= 11 is 6.42. The minimum absolute atomic E-state index is 0.207. The summed E-state index contributed by atoms with van der Waals surface area (Å²) in [6.07, 6.45) is 1.76. The van der Waals surface area contributed by atoms with Crippen LogP contribution in [0.1, 0.15) is 23.2 Å². The van der Waals surface area contributed by atoms with Crippen LogP contribution in [0, 0.1) is 0 Å². The van der Waals surface area contributed by atoms with Crippen LogP contribution in [-0.4, -0.2) is 58.0 Å². The van der Waals surface area contributed by atoms with Crippen molar-refractivity contribution in [3.8, 4) is 0 Å². The van der Waals surface area contributed by atoms with Gasteiger partial charge in [-0.15, -0.1) is 0 Å². The number of ether oxygens (including phenoxy) is 1. The van der Waals surface area contributed by atoms with Crippen LogP contribution in [0.3, 0.4) is 0 Å². The van der Waals surface area contributed by atoms with E-state index in [0.29, 0.717) is 42.6 Å². The lowest BCUT2D eigenvalue weighted by Gasteiger charge is -2.29. The first-order valence-electron chi connectivity index (χ1n) is 9.99. The van der Waals surface area contributed by atoms with Crippen LogP contribution in [0.2, 0.25) is 5.02 Å². The van der Waals surface area contributed by atoms with Gasteiger partial charge >= 0.3 is 0 Å². The molecule has 2 heterocycles. The largest absolute Gasteiger partial charge is 0.378 e. The molecule has 1 N–H and O–H groups in total. The summed E-state index contributed by atoms with van der Waals surface area (Å²) < 4.78 is 32.1. The number of nitrogens with one attached hydrogen (secondary N) is 1. The molecule has 0 unspecified atom stereocenters. The number of nitrogens with zero attached hydrogens (tertiary/aromatic N) is 2. The summed E-state index contributed by atoms with van der Waals surface area (Å²) in [4.78, 5) is 14.9. The van der Waals surface area contributed by atoms with Crippen LogP contribution in [0.4, 0.5) is 11.4 Å². The fourth-order valence-corrected chi connectivity index (χ4v) is 5.52. The minimum atomic E-state index is -3.49. The molecule has 0 radical (unpaired) electrons. The molecule has 0 aromatic heterocycles. The van der Waals surface area contributed by atoms with Gasteiger partial charge in [0, 0.05) is 37.4 Å². The smallest absolute Gasteiger partial charge is 0.255 e. The Morgan fingerprint density at radius 1 is 0.967 bits per heavy atom. The Morgan fingerprint density at radius 2 is 1.63 bits per heavy atom. The van der Waals surface area contributed by atoms with Gasteiger partial charge in [0.15, 0.2) is 0 Å². The monoisotopic (exact) mass is 449 g/mol. The molecule has 0 atom stereocenters. The van der Waals surface area contributed by atoms with Gasteiger partial charge in [0.25, 0.3) is 5.91 Å². The number of rotatable bonds is 5. The number of sulfonamides is 1. The maximum atomic E-state index is 12.6.